The van der Waals surface area contributed by atoms with Gasteiger partial charge in [0.1, 0.15) is 5.54 Å². The molecule has 1 aliphatic carbocycles. The highest BCUT2D eigenvalue weighted by Gasteiger charge is 2.37. The molecule has 0 atom stereocenters. The van der Waals surface area contributed by atoms with Crippen molar-refractivity contribution >= 4 is 5.91 Å². The summed E-state index contributed by atoms with van der Waals surface area (Å²) in [5.74, 6) is -0.943. The van der Waals surface area contributed by atoms with Crippen molar-refractivity contribution in [3.63, 3.8) is 0 Å². The van der Waals surface area contributed by atoms with E-state index in [0.29, 0.717) is 26.1 Å². The molecule has 3 N–H and O–H groups in total. The van der Waals surface area contributed by atoms with Gasteiger partial charge in [-0.25, -0.2) is 8.78 Å². The molecular weight excluding hydrogens is 350 g/mol. The van der Waals surface area contributed by atoms with Crippen molar-refractivity contribution in [2.24, 2.45) is 11.7 Å². The molecule has 3 rings (SSSR count). The Bertz CT molecular complexity index is 598. The topological polar surface area (TPSA) is 64.4 Å². The lowest BCUT2D eigenvalue weighted by molar-refractivity contribution is -0.128. The van der Waals surface area contributed by atoms with Crippen LogP contribution in [0.3, 0.4) is 0 Å². The van der Waals surface area contributed by atoms with E-state index in [0.717, 1.165) is 30.2 Å². The Labute approximate surface area is 160 Å². The smallest absolute Gasteiger partial charge is 0.237 e. The number of carbonyl (C=O) groups is 1. The number of halogens is 2. The number of primary amides is 1. The minimum absolute atomic E-state index is 0.213. The van der Waals surface area contributed by atoms with E-state index in [2.05, 4.69) is 5.32 Å². The van der Waals surface area contributed by atoms with E-state index >= 15 is 0 Å². The third-order valence-electron chi connectivity index (χ3n) is 5.63. The Hall–Kier alpha value is -1.53. The number of hydrogen-bond donors (Lipinski definition) is 2. The lowest BCUT2D eigenvalue weighted by atomic mass is 9.85. The molecular formula is C21H32F2N2O2. The highest BCUT2D eigenvalue weighted by molar-refractivity contribution is 5.84. The fraction of sp³-hybridized carbons (Fsp3) is 0.667. The van der Waals surface area contributed by atoms with Gasteiger partial charge in [-0.2, -0.15) is 0 Å². The molecule has 1 saturated heterocycles. The van der Waals surface area contributed by atoms with Gasteiger partial charge in [0.25, 0.3) is 0 Å². The Morgan fingerprint density at radius 3 is 2.41 bits per heavy atom. The molecule has 1 aromatic rings. The van der Waals surface area contributed by atoms with Gasteiger partial charge in [-0.15, -0.1) is 0 Å². The Morgan fingerprint density at radius 1 is 1.19 bits per heavy atom. The first-order chi connectivity index (χ1) is 12.9. The zero-order valence-corrected chi connectivity index (χ0v) is 16.2. The van der Waals surface area contributed by atoms with Crippen molar-refractivity contribution < 1.29 is 18.3 Å². The van der Waals surface area contributed by atoms with Crippen LogP contribution in [-0.2, 0) is 9.53 Å². The van der Waals surface area contributed by atoms with Gasteiger partial charge in [-0.05, 0) is 56.3 Å². The number of nitrogens with one attached hydrogen (secondary N) is 1. The number of rotatable bonds is 5. The van der Waals surface area contributed by atoms with Crippen molar-refractivity contribution in [3.8, 4) is 0 Å². The Kier molecular flexibility index (Phi) is 8.64. The molecule has 0 spiro atoms. The van der Waals surface area contributed by atoms with Crippen LogP contribution in [0.15, 0.2) is 18.2 Å². The summed E-state index contributed by atoms with van der Waals surface area (Å²) in [4.78, 5) is 11.7. The number of aryl methyl sites for hydroxylation is 1. The minimum atomic E-state index is -0.791. The fourth-order valence-electron chi connectivity index (χ4n) is 3.82. The quantitative estimate of drug-likeness (QED) is 0.813. The maximum absolute atomic E-state index is 12.2. The summed E-state index contributed by atoms with van der Waals surface area (Å²) in [6, 6.07) is 3.80. The lowest BCUT2D eigenvalue weighted by Gasteiger charge is -2.35. The number of nitrogens with two attached hydrogens (primary N) is 1. The standard InChI is InChI=1S/C14H26N2O2.C7H6F2/c15-13(17)14(7-10-18-11-8-14)16-9-6-12-4-2-1-3-5-12;1-5-2-3-6(8)7(9)4-5/h12,16H,1-11H2,(H2,15,17);2-4H,1H3. The van der Waals surface area contributed by atoms with Gasteiger partial charge < -0.3 is 15.8 Å². The van der Waals surface area contributed by atoms with E-state index < -0.39 is 17.2 Å². The highest BCUT2D eigenvalue weighted by Crippen LogP contribution is 2.27. The summed E-state index contributed by atoms with van der Waals surface area (Å²) >= 11 is 0. The van der Waals surface area contributed by atoms with E-state index in [-0.39, 0.29) is 5.91 Å². The van der Waals surface area contributed by atoms with Crippen LogP contribution in [0.25, 0.3) is 0 Å². The van der Waals surface area contributed by atoms with E-state index in [9.17, 15) is 13.6 Å². The summed E-state index contributed by atoms with van der Waals surface area (Å²) in [6.07, 6.45) is 9.46. The molecule has 4 nitrogen and oxygen atoms in total. The van der Waals surface area contributed by atoms with Crippen LogP contribution < -0.4 is 11.1 Å². The molecule has 1 saturated carbocycles. The highest BCUT2D eigenvalue weighted by atomic mass is 19.2. The van der Waals surface area contributed by atoms with Crippen LogP contribution >= 0.6 is 0 Å². The Balaban J connectivity index is 0.000000244. The second-order valence-corrected chi connectivity index (χ2v) is 7.70. The fourth-order valence-corrected chi connectivity index (χ4v) is 3.82. The van der Waals surface area contributed by atoms with E-state index in [1.165, 1.54) is 44.6 Å². The molecule has 6 heteroatoms. The van der Waals surface area contributed by atoms with Crippen LogP contribution in [0.5, 0.6) is 0 Å². The summed E-state index contributed by atoms with van der Waals surface area (Å²) < 4.78 is 29.7. The molecule has 1 aromatic carbocycles. The molecule has 0 unspecified atom stereocenters. The number of amides is 1. The lowest BCUT2D eigenvalue weighted by Crippen LogP contribution is -2.58. The van der Waals surface area contributed by atoms with Crippen LogP contribution in [0.4, 0.5) is 8.78 Å². The maximum Gasteiger partial charge on any atom is 0.237 e. The number of benzene rings is 1. The predicted octanol–water partition coefficient (Wildman–Crippen LogP) is 3.85. The second-order valence-electron chi connectivity index (χ2n) is 7.70. The molecule has 0 aromatic heterocycles. The van der Waals surface area contributed by atoms with Crippen LogP contribution in [0.1, 0.15) is 56.9 Å². The summed E-state index contributed by atoms with van der Waals surface area (Å²) in [6.45, 7) is 3.90. The van der Waals surface area contributed by atoms with Crippen LogP contribution in [-0.4, -0.2) is 31.2 Å². The van der Waals surface area contributed by atoms with E-state index in [1.807, 2.05) is 0 Å². The van der Waals surface area contributed by atoms with Crippen molar-refractivity contribution in [1.29, 1.82) is 0 Å². The normalized spacial score (nSPS) is 19.8. The van der Waals surface area contributed by atoms with Gasteiger partial charge in [0.05, 0.1) is 0 Å². The van der Waals surface area contributed by atoms with Gasteiger partial charge in [-0.1, -0.05) is 38.2 Å². The zero-order chi connectivity index (χ0) is 19.7. The molecule has 2 aliphatic rings. The minimum Gasteiger partial charge on any atom is -0.381 e. The van der Waals surface area contributed by atoms with Gasteiger partial charge in [-0.3, -0.25) is 4.79 Å². The predicted molar refractivity (Wildman–Crippen MR) is 102 cm³/mol. The molecule has 2 fully saturated rings. The largest absolute Gasteiger partial charge is 0.381 e. The second kappa shape index (κ2) is 10.7. The van der Waals surface area contributed by atoms with E-state index in [1.54, 1.807) is 6.92 Å². The van der Waals surface area contributed by atoms with Crippen molar-refractivity contribution in [2.75, 3.05) is 19.8 Å². The van der Waals surface area contributed by atoms with Crippen molar-refractivity contribution in [3.05, 3.63) is 35.4 Å². The number of carbonyl (C=O) groups excluding carboxylic acids is 1. The first kappa shape index (κ1) is 21.8. The van der Waals surface area contributed by atoms with Crippen LogP contribution in [0, 0.1) is 24.5 Å². The first-order valence-corrected chi connectivity index (χ1v) is 9.97. The molecule has 0 bridgehead atoms. The summed E-state index contributed by atoms with van der Waals surface area (Å²) in [7, 11) is 0. The Morgan fingerprint density at radius 2 is 1.85 bits per heavy atom. The van der Waals surface area contributed by atoms with E-state index in [4.69, 9.17) is 10.5 Å². The zero-order valence-electron chi connectivity index (χ0n) is 16.2. The average molecular weight is 382 g/mol. The van der Waals surface area contributed by atoms with Gasteiger partial charge in [0.2, 0.25) is 5.91 Å². The van der Waals surface area contributed by atoms with Gasteiger partial charge in [0.15, 0.2) is 11.6 Å². The van der Waals surface area contributed by atoms with Crippen molar-refractivity contribution in [2.45, 2.75) is 63.8 Å². The molecule has 1 heterocycles. The molecule has 1 amide bonds. The maximum atomic E-state index is 12.2. The molecule has 0 radical (unpaired) electrons. The molecule has 27 heavy (non-hydrogen) atoms. The molecule has 1 aliphatic heterocycles. The monoisotopic (exact) mass is 382 g/mol. The van der Waals surface area contributed by atoms with Crippen LogP contribution in [0.2, 0.25) is 0 Å². The van der Waals surface area contributed by atoms with Gasteiger partial charge >= 0.3 is 0 Å². The summed E-state index contributed by atoms with van der Waals surface area (Å²) in [5, 5.41) is 3.43. The third kappa shape index (κ3) is 6.85. The SMILES string of the molecule is Cc1ccc(F)c(F)c1.NC(=O)C1(NCCC2CCCCC2)CCOCC1. The number of hydrogen-bond acceptors (Lipinski definition) is 3. The average Bonchev–Trinajstić information content (AvgIpc) is 2.67. The molecule has 152 valence electrons. The van der Waals surface area contributed by atoms with Gasteiger partial charge in [0, 0.05) is 13.2 Å². The number of ether oxygens (including phenoxy) is 1. The first-order valence-electron chi connectivity index (χ1n) is 9.97. The van der Waals surface area contributed by atoms with Crippen molar-refractivity contribution in [1.82, 2.24) is 5.32 Å². The summed E-state index contributed by atoms with van der Waals surface area (Å²) in [5.41, 5.74) is 5.79. The third-order valence-corrected chi connectivity index (χ3v) is 5.63.